The van der Waals surface area contributed by atoms with Crippen molar-refractivity contribution in [3.05, 3.63) is 193 Å². The van der Waals surface area contributed by atoms with Crippen molar-refractivity contribution in [1.29, 1.82) is 0 Å². The summed E-state index contributed by atoms with van der Waals surface area (Å²) in [5.74, 6) is 1.05. The first kappa shape index (κ1) is 46.5. The summed E-state index contributed by atoms with van der Waals surface area (Å²) in [5.41, 5.74) is 14.5. The Bertz CT molecular complexity index is 3920. The number of anilines is 6. The van der Waals surface area contributed by atoms with Crippen molar-refractivity contribution in [1.82, 2.24) is 0 Å². The predicted molar refractivity (Wildman–Crippen MR) is 328 cm³/mol. The van der Waals surface area contributed by atoms with Gasteiger partial charge in [-0.1, -0.05) is 172 Å². The molecule has 2 heterocycles. The zero-order valence-electron chi connectivity index (χ0n) is 44.9. The normalized spacial score (nSPS) is 18.9. The molecule has 0 unspecified atom stereocenters. The van der Waals surface area contributed by atoms with Crippen LogP contribution in [0.4, 0.5) is 34.1 Å². The van der Waals surface area contributed by atoms with Crippen molar-refractivity contribution >= 4 is 110 Å². The summed E-state index contributed by atoms with van der Waals surface area (Å²) in [6, 6.07) is 68.0. The first-order valence-corrected chi connectivity index (χ1v) is 29.9. The van der Waals surface area contributed by atoms with Gasteiger partial charge in [0.25, 0.3) is 0 Å². The second kappa shape index (κ2) is 18.5. The monoisotopic (exact) mass is 1020 g/mol. The molecule has 4 saturated carbocycles. The van der Waals surface area contributed by atoms with Gasteiger partial charge in [0.05, 0.1) is 22.7 Å². The minimum absolute atomic E-state index is 0.524. The average molecular weight is 1020 g/mol. The van der Waals surface area contributed by atoms with E-state index >= 15 is 0 Å². The molecule has 0 bridgehead atoms. The van der Waals surface area contributed by atoms with E-state index in [4.69, 9.17) is 8.83 Å². The van der Waals surface area contributed by atoms with E-state index in [2.05, 4.69) is 192 Å². The summed E-state index contributed by atoms with van der Waals surface area (Å²) >= 11 is 0. The van der Waals surface area contributed by atoms with Crippen LogP contribution in [0, 0.1) is 10.8 Å². The summed E-state index contributed by atoms with van der Waals surface area (Å²) in [5, 5.41) is 12.2. The summed E-state index contributed by atoms with van der Waals surface area (Å²) in [4.78, 5) is 4.91. The molecule has 0 amide bonds. The molecular formula is C74H68N2O2. The second-order valence-corrected chi connectivity index (χ2v) is 24.6. The smallest absolute Gasteiger partial charge is 0.159 e. The van der Waals surface area contributed by atoms with Crippen molar-refractivity contribution in [3.8, 4) is 0 Å². The summed E-state index contributed by atoms with van der Waals surface area (Å²) < 4.78 is 14.7. The van der Waals surface area contributed by atoms with Crippen molar-refractivity contribution in [3.63, 3.8) is 0 Å². The van der Waals surface area contributed by atoms with E-state index in [9.17, 15) is 0 Å². The van der Waals surface area contributed by atoms with E-state index in [0.29, 0.717) is 22.7 Å². The number of para-hydroxylation sites is 6. The molecule has 10 aromatic carbocycles. The van der Waals surface area contributed by atoms with E-state index in [1.165, 1.54) is 181 Å². The molecular weight excluding hydrogens is 949 g/mol. The highest BCUT2D eigenvalue weighted by Gasteiger charge is 2.39. The van der Waals surface area contributed by atoms with E-state index in [1.807, 2.05) is 0 Å². The van der Waals surface area contributed by atoms with Crippen molar-refractivity contribution in [2.24, 2.45) is 10.8 Å². The van der Waals surface area contributed by atoms with E-state index in [-0.39, 0.29) is 0 Å². The number of nitrogens with zero attached hydrogens (tertiary/aromatic N) is 2. The van der Waals surface area contributed by atoms with Crippen LogP contribution in [0.2, 0.25) is 0 Å². The first-order chi connectivity index (χ1) is 38.6. The molecule has 0 atom stereocenters. The molecule has 4 fully saturated rings. The number of fused-ring (bicyclic) bond motifs is 6. The van der Waals surface area contributed by atoms with Gasteiger partial charge < -0.3 is 18.6 Å². The van der Waals surface area contributed by atoms with Crippen LogP contribution in [0.1, 0.15) is 139 Å². The van der Waals surface area contributed by atoms with Crippen LogP contribution in [-0.2, 0) is 0 Å². The molecule has 386 valence electrons. The maximum absolute atomic E-state index is 7.33. The van der Waals surface area contributed by atoms with Gasteiger partial charge in [0.1, 0.15) is 11.2 Å². The topological polar surface area (TPSA) is 32.8 Å². The highest BCUT2D eigenvalue weighted by Crippen LogP contribution is 2.56. The Kier molecular flexibility index (Phi) is 11.1. The molecule has 4 heteroatoms. The third-order valence-electron chi connectivity index (χ3n) is 20.5. The highest BCUT2D eigenvalue weighted by molar-refractivity contribution is 6.29. The number of benzene rings is 10. The van der Waals surface area contributed by atoms with Crippen LogP contribution in [0.5, 0.6) is 0 Å². The Balaban J connectivity index is 0.837. The molecule has 4 nitrogen and oxygen atoms in total. The summed E-state index contributed by atoms with van der Waals surface area (Å²) in [6.45, 7) is 0. The quantitative estimate of drug-likeness (QED) is 0.142. The van der Waals surface area contributed by atoms with Gasteiger partial charge in [0.15, 0.2) is 11.2 Å². The molecule has 2 aromatic heterocycles. The van der Waals surface area contributed by atoms with Crippen LogP contribution < -0.4 is 9.80 Å². The highest BCUT2D eigenvalue weighted by atomic mass is 16.3. The lowest BCUT2D eigenvalue weighted by molar-refractivity contribution is 0.114. The molecule has 0 saturated heterocycles. The Morgan fingerprint density at radius 3 is 1.08 bits per heavy atom. The Labute approximate surface area is 458 Å². The lowest BCUT2D eigenvalue weighted by atomic mass is 9.62. The Hall–Kier alpha value is -7.56. The minimum Gasteiger partial charge on any atom is -0.454 e. The van der Waals surface area contributed by atoms with Crippen LogP contribution in [0.25, 0.3) is 76.2 Å². The van der Waals surface area contributed by atoms with Gasteiger partial charge in [0.2, 0.25) is 0 Å². The third kappa shape index (κ3) is 7.45. The molecule has 4 aliphatic carbocycles. The molecule has 4 aliphatic rings. The molecule has 0 N–H and O–H groups in total. The lowest BCUT2D eigenvalue weighted by Crippen LogP contribution is -2.29. The average Bonchev–Trinajstić information content (AvgIpc) is 4.24. The van der Waals surface area contributed by atoms with Gasteiger partial charge in [0, 0.05) is 43.7 Å². The fourth-order valence-electron chi connectivity index (χ4n) is 16.5. The molecule has 12 aromatic rings. The number of hydrogen-bond acceptors (Lipinski definition) is 4. The zero-order chi connectivity index (χ0) is 51.4. The fraction of sp³-hybridized carbons (Fsp3) is 0.297. The Morgan fingerprint density at radius 1 is 0.295 bits per heavy atom. The van der Waals surface area contributed by atoms with Crippen LogP contribution in [0.3, 0.4) is 0 Å². The van der Waals surface area contributed by atoms with Gasteiger partial charge >= 0.3 is 0 Å². The van der Waals surface area contributed by atoms with Gasteiger partial charge in [-0.05, 0) is 181 Å². The maximum atomic E-state index is 7.33. The first-order valence-electron chi connectivity index (χ1n) is 29.9. The number of rotatable bonds is 8. The molecule has 16 rings (SSSR count). The third-order valence-corrected chi connectivity index (χ3v) is 20.5. The van der Waals surface area contributed by atoms with Gasteiger partial charge in [-0.15, -0.1) is 0 Å². The zero-order valence-corrected chi connectivity index (χ0v) is 44.9. The number of furan rings is 2. The standard InChI is InChI=1S/C74H68N2O2/c1-5-17-53(18-6-1)75(65-27-15-25-59-57-23-13-21-55(69(57)77-71(59)65)49-37-45-73(46-38-49)41-9-3-10-42-73)63-35-31-51-30-34-62-64(36-32-52-29-33-61(63)67(51)68(52)62)76(54-19-7-2-8-20-54)66-28-16-26-60-58-24-14-22-56(70(58)78-72(60)66)50-39-47-74(48-40-50)43-11-4-12-44-74/h1-2,5-8,13-36,49-50H,3-4,9-12,37-48H2. The lowest BCUT2D eigenvalue weighted by Gasteiger charge is -2.43. The second-order valence-electron chi connectivity index (χ2n) is 24.6. The SMILES string of the molecule is c1ccc(N(c2ccc3ccc4c(N(c5ccccc5)c5cccc6c5oc5c(C7CCC8(CCCCC8)CC7)cccc56)ccc5ccc2c3c54)c2cccc3c2oc2c(C4CCC5(CCCCC5)CC4)cccc23)cc1. The van der Waals surface area contributed by atoms with Crippen LogP contribution in [-0.4, -0.2) is 0 Å². The van der Waals surface area contributed by atoms with Crippen LogP contribution in [0.15, 0.2) is 191 Å². The van der Waals surface area contributed by atoms with Gasteiger partial charge in [-0.25, -0.2) is 0 Å². The van der Waals surface area contributed by atoms with E-state index in [1.54, 1.807) is 0 Å². The summed E-state index contributed by atoms with van der Waals surface area (Å²) in [7, 11) is 0. The molecule has 0 radical (unpaired) electrons. The minimum atomic E-state index is 0.524. The van der Waals surface area contributed by atoms with E-state index < -0.39 is 0 Å². The van der Waals surface area contributed by atoms with Crippen molar-refractivity contribution < 1.29 is 8.83 Å². The molecule has 2 spiro atoms. The largest absolute Gasteiger partial charge is 0.454 e. The maximum Gasteiger partial charge on any atom is 0.159 e. The Morgan fingerprint density at radius 2 is 0.667 bits per heavy atom. The van der Waals surface area contributed by atoms with Crippen LogP contribution >= 0.6 is 0 Å². The van der Waals surface area contributed by atoms with E-state index in [0.717, 1.165) is 56.5 Å². The number of hydrogen-bond donors (Lipinski definition) is 0. The van der Waals surface area contributed by atoms with Gasteiger partial charge in [-0.2, -0.15) is 0 Å². The molecule has 78 heavy (non-hydrogen) atoms. The summed E-state index contributed by atoms with van der Waals surface area (Å²) in [6.07, 6.45) is 24.6. The molecule has 0 aliphatic heterocycles. The van der Waals surface area contributed by atoms with Gasteiger partial charge in [-0.3, -0.25) is 0 Å². The predicted octanol–water partition coefficient (Wildman–Crippen LogP) is 22.5. The fourth-order valence-corrected chi connectivity index (χ4v) is 16.5. The van der Waals surface area contributed by atoms with Crippen molar-refractivity contribution in [2.75, 3.05) is 9.80 Å². The van der Waals surface area contributed by atoms with Crippen molar-refractivity contribution in [2.45, 2.75) is 127 Å².